The molecule has 1 saturated heterocycles. The molecule has 1 amide bonds. The van der Waals surface area contributed by atoms with E-state index in [0.717, 1.165) is 31.5 Å². The lowest BCUT2D eigenvalue weighted by atomic mass is 10.1. The largest absolute Gasteiger partial charge is 0.396 e. The molecule has 0 radical (unpaired) electrons. The lowest BCUT2D eigenvalue weighted by Crippen LogP contribution is -2.31. The van der Waals surface area contributed by atoms with Gasteiger partial charge in [0.05, 0.1) is 6.42 Å². The maximum Gasteiger partial charge on any atom is 0.238 e. The number of benzene rings is 1. The molecular formula is C16H25N3O2. The summed E-state index contributed by atoms with van der Waals surface area (Å²) in [5.41, 5.74) is 4.38. The van der Waals surface area contributed by atoms with Crippen LogP contribution < -0.4 is 11.3 Å². The molecule has 116 valence electrons. The average molecular weight is 291 g/mol. The van der Waals surface area contributed by atoms with Gasteiger partial charge in [-0.05, 0) is 43.4 Å². The Morgan fingerprint density at radius 3 is 2.71 bits per heavy atom. The molecule has 0 aliphatic carbocycles. The molecule has 4 N–H and O–H groups in total. The van der Waals surface area contributed by atoms with Gasteiger partial charge in [-0.3, -0.25) is 15.1 Å². The van der Waals surface area contributed by atoms with Crippen LogP contribution in [0.25, 0.3) is 0 Å². The van der Waals surface area contributed by atoms with Gasteiger partial charge in [-0.15, -0.1) is 0 Å². The SMILES string of the molecule is NNC(=O)Cc1ccc(CN2CCCC2CCCO)cc1. The van der Waals surface area contributed by atoms with E-state index in [0.29, 0.717) is 12.5 Å². The highest BCUT2D eigenvalue weighted by Gasteiger charge is 2.23. The minimum atomic E-state index is -0.175. The van der Waals surface area contributed by atoms with Gasteiger partial charge in [0.1, 0.15) is 0 Å². The van der Waals surface area contributed by atoms with Crippen molar-refractivity contribution in [3.8, 4) is 0 Å². The predicted octanol–water partition coefficient (Wildman–Crippen LogP) is 0.956. The van der Waals surface area contributed by atoms with Crippen LogP contribution in [0.1, 0.15) is 36.8 Å². The van der Waals surface area contributed by atoms with Crippen LogP contribution in [-0.2, 0) is 17.8 Å². The van der Waals surface area contributed by atoms with Crippen molar-refractivity contribution in [2.45, 2.75) is 44.7 Å². The third kappa shape index (κ3) is 4.81. The summed E-state index contributed by atoms with van der Waals surface area (Å²) in [5.74, 6) is 4.92. The quantitative estimate of drug-likeness (QED) is 0.397. The standard InChI is InChI=1S/C16H25N3O2/c17-18-16(21)11-13-5-7-14(8-6-13)12-19-9-1-3-15(19)4-2-10-20/h5-8,15,20H,1-4,9-12,17H2,(H,18,21). The summed E-state index contributed by atoms with van der Waals surface area (Å²) in [6.45, 7) is 2.36. The minimum absolute atomic E-state index is 0.175. The van der Waals surface area contributed by atoms with Gasteiger partial charge in [-0.1, -0.05) is 24.3 Å². The molecule has 1 aliphatic rings. The molecule has 1 aromatic rings. The predicted molar refractivity (Wildman–Crippen MR) is 82.2 cm³/mol. The van der Waals surface area contributed by atoms with E-state index in [4.69, 9.17) is 10.9 Å². The van der Waals surface area contributed by atoms with E-state index < -0.39 is 0 Å². The molecule has 1 unspecified atom stereocenters. The Bertz CT molecular complexity index is 447. The van der Waals surface area contributed by atoms with Crippen molar-refractivity contribution >= 4 is 5.91 Å². The Morgan fingerprint density at radius 2 is 2.05 bits per heavy atom. The van der Waals surface area contributed by atoms with Crippen molar-refractivity contribution in [1.29, 1.82) is 0 Å². The summed E-state index contributed by atoms with van der Waals surface area (Å²) >= 11 is 0. The van der Waals surface area contributed by atoms with Gasteiger partial charge >= 0.3 is 0 Å². The smallest absolute Gasteiger partial charge is 0.238 e. The molecule has 2 rings (SSSR count). The zero-order chi connectivity index (χ0) is 15.1. The Kier molecular flexibility index (Phi) is 6.17. The minimum Gasteiger partial charge on any atom is -0.396 e. The molecule has 21 heavy (non-hydrogen) atoms. The highest BCUT2D eigenvalue weighted by Crippen LogP contribution is 2.23. The molecule has 1 atom stereocenters. The van der Waals surface area contributed by atoms with Crippen molar-refractivity contribution in [3.05, 3.63) is 35.4 Å². The van der Waals surface area contributed by atoms with Crippen LogP contribution in [0.4, 0.5) is 0 Å². The number of likely N-dealkylation sites (tertiary alicyclic amines) is 1. The van der Waals surface area contributed by atoms with E-state index in [1.165, 1.54) is 18.4 Å². The van der Waals surface area contributed by atoms with Crippen molar-refractivity contribution in [2.24, 2.45) is 5.84 Å². The van der Waals surface area contributed by atoms with Crippen LogP contribution in [0, 0.1) is 0 Å². The Labute approximate surface area is 126 Å². The first-order valence-electron chi connectivity index (χ1n) is 7.65. The maximum absolute atomic E-state index is 11.2. The number of aliphatic hydroxyl groups excluding tert-OH is 1. The second kappa shape index (κ2) is 8.12. The van der Waals surface area contributed by atoms with E-state index >= 15 is 0 Å². The van der Waals surface area contributed by atoms with Crippen molar-refractivity contribution in [3.63, 3.8) is 0 Å². The molecular weight excluding hydrogens is 266 g/mol. The van der Waals surface area contributed by atoms with Crippen LogP contribution in [0.3, 0.4) is 0 Å². The van der Waals surface area contributed by atoms with E-state index in [1.54, 1.807) is 0 Å². The van der Waals surface area contributed by atoms with Gasteiger partial charge in [0, 0.05) is 19.2 Å². The first kappa shape index (κ1) is 15.9. The van der Waals surface area contributed by atoms with Gasteiger partial charge in [0.25, 0.3) is 0 Å². The number of amides is 1. The summed E-state index contributed by atoms with van der Waals surface area (Å²) in [6, 6.07) is 8.74. The lowest BCUT2D eigenvalue weighted by Gasteiger charge is -2.24. The van der Waals surface area contributed by atoms with E-state index in [1.807, 2.05) is 12.1 Å². The molecule has 0 saturated carbocycles. The van der Waals surface area contributed by atoms with Crippen LogP contribution in [-0.4, -0.2) is 35.1 Å². The van der Waals surface area contributed by atoms with Crippen LogP contribution in [0.5, 0.6) is 0 Å². The highest BCUT2D eigenvalue weighted by atomic mass is 16.2. The summed E-state index contributed by atoms with van der Waals surface area (Å²) in [4.78, 5) is 13.7. The summed E-state index contributed by atoms with van der Waals surface area (Å²) < 4.78 is 0. The first-order valence-corrected chi connectivity index (χ1v) is 7.65. The highest BCUT2D eigenvalue weighted by molar-refractivity contribution is 5.77. The van der Waals surface area contributed by atoms with Crippen molar-refractivity contribution in [1.82, 2.24) is 10.3 Å². The van der Waals surface area contributed by atoms with Crippen molar-refractivity contribution < 1.29 is 9.90 Å². The maximum atomic E-state index is 11.2. The number of hydrogen-bond acceptors (Lipinski definition) is 4. The normalized spacial score (nSPS) is 18.9. The average Bonchev–Trinajstić information content (AvgIpc) is 2.94. The molecule has 0 spiro atoms. The molecule has 5 heteroatoms. The molecule has 0 bridgehead atoms. The zero-order valence-corrected chi connectivity index (χ0v) is 12.4. The van der Waals surface area contributed by atoms with Gasteiger partial charge < -0.3 is 5.11 Å². The molecule has 5 nitrogen and oxygen atoms in total. The second-order valence-electron chi connectivity index (χ2n) is 5.69. The summed E-state index contributed by atoms with van der Waals surface area (Å²) in [7, 11) is 0. The Hall–Kier alpha value is -1.43. The molecule has 1 fully saturated rings. The van der Waals surface area contributed by atoms with Gasteiger partial charge in [-0.25, -0.2) is 5.84 Å². The number of rotatable bonds is 7. The second-order valence-corrected chi connectivity index (χ2v) is 5.69. The molecule has 1 heterocycles. The third-order valence-electron chi connectivity index (χ3n) is 4.13. The third-order valence-corrected chi connectivity index (χ3v) is 4.13. The zero-order valence-electron chi connectivity index (χ0n) is 12.4. The number of nitrogens with zero attached hydrogens (tertiary/aromatic N) is 1. The van der Waals surface area contributed by atoms with Crippen LogP contribution in [0.15, 0.2) is 24.3 Å². The van der Waals surface area contributed by atoms with Crippen molar-refractivity contribution in [2.75, 3.05) is 13.2 Å². The topological polar surface area (TPSA) is 78.6 Å². The first-order chi connectivity index (χ1) is 10.2. The fraction of sp³-hybridized carbons (Fsp3) is 0.562. The van der Waals surface area contributed by atoms with Gasteiger partial charge in [0.15, 0.2) is 0 Å². The van der Waals surface area contributed by atoms with Crippen LogP contribution >= 0.6 is 0 Å². The van der Waals surface area contributed by atoms with E-state index in [2.05, 4.69) is 22.5 Å². The number of hydrogen-bond donors (Lipinski definition) is 3. The van der Waals surface area contributed by atoms with Gasteiger partial charge in [0.2, 0.25) is 5.91 Å². The lowest BCUT2D eigenvalue weighted by molar-refractivity contribution is -0.120. The fourth-order valence-electron chi connectivity index (χ4n) is 2.99. The number of aliphatic hydroxyl groups is 1. The Balaban J connectivity index is 1.89. The summed E-state index contributed by atoms with van der Waals surface area (Å²) in [6.07, 6.45) is 4.75. The number of nitrogens with two attached hydrogens (primary N) is 1. The molecule has 1 aromatic carbocycles. The molecule has 0 aromatic heterocycles. The fourth-order valence-corrected chi connectivity index (χ4v) is 2.99. The Morgan fingerprint density at radius 1 is 1.33 bits per heavy atom. The number of carbonyl (C=O) groups is 1. The van der Waals surface area contributed by atoms with Gasteiger partial charge in [-0.2, -0.15) is 0 Å². The van der Waals surface area contributed by atoms with Crippen LogP contribution in [0.2, 0.25) is 0 Å². The number of hydrazine groups is 1. The molecule has 1 aliphatic heterocycles. The summed E-state index contributed by atoms with van der Waals surface area (Å²) in [5, 5.41) is 8.97. The number of carbonyl (C=O) groups excluding carboxylic acids is 1. The van der Waals surface area contributed by atoms with E-state index in [-0.39, 0.29) is 12.5 Å². The van der Waals surface area contributed by atoms with E-state index in [9.17, 15) is 4.79 Å². The monoisotopic (exact) mass is 291 g/mol. The number of nitrogens with one attached hydrogen (secondary N) is 1.